The van der Waals surface area contributed by atoms with E-state index in [1.54, 1.807) is 22.3 Å². The molecule has 0 saturated heterocycles. The van der Waals surface area contributed by atoms with Gasteiger partial charge >= 0.3 is 0 Å². The van der Waals surface area contributed by atoms with Crippen molar-refractivity contribution < 1.29 is 0 Å². The number of hydrogen-bond acceptors (Lipinski definition) is 0. The quantitative estimate of drug-likeness (QED) is 0.533. The van der Waals surface area contributed by atoms with Gasteiger partial charge in [0.15, 0.2) is 0 Å². The molecule has 0 heterocycles. The first-order valence-electron chi connectivity index (χ1n) is 6.18. The molecule has 2 atom stereocenters. The monoisotopic (exact) mass is 188 g/mol. The van der Waals surface area contributed by atoms with Gasteiger partial charge in [0.25, 0.3) is 0 Å². The third kappa shape index (κ3) is 1.00. The molecule has 3 aliphatic rings. The molecule has 3 rings (SSSR count). The molecule has 0 aliphatic heterocycles. The summed E-state index contributed by atoms with van der Waals surface area (Å²) in [6.07, 6.45) is 8.60. The molecule has 0 N–H and O–H groups in total. The summed E-state index contributed by atoms with van der Waals surface area (Å²) in [5.41, 5.74) is 7.04. The highest BCUT2D eigenvalue weighted by molar-refractivity contribution is 5.52. The number of allylic oxidation sites excluding steroid dienone is 4. The fourth-order valence-electron chi connectivity index (χ4n) is 3.93. The Morgan fingerprint density at radius 3 is 1.64 bits per heavy atom. The van der Waals surface area contributed by atoms with E-state index in [9.17, 15) is 0 Å². The molecular formula is C14H20. The first-order valence-corrected chi connectivity index (χ1v) is 6.18. The molecule has 1 fully saturated rings. The third-order valence-electron chi connectivity index (χ3n) is 4.57. The van der Waals surface area contributed by atoms with Crippen LogP contribution in [0.3, 0.4) is 0 Å². The molecule has 0 bridgehead atoms. The predicted molar refractivity (Wildman–Crippen MR) is 60.1 cm³/mol. The van der Waals surface area contributed by atoms with E-state index in [1.807, 2.05) is 0 Å². The Labute approximate surface area is 87.1 Å². The van der Waals surface area contributed by atoms with E-state index in [0.29, 0.717) is 0 Å². The Hall–Kier alpha value is -0.520. The Balaban J connectivity index is 2.06. The molecule has 0 radical (unpaired) electrons. The first kappa shape index (κ1) is 8.76. The summed E-state index contributed by atoms with van der Waals surface area (Å²) in [5, 5.41) is 0. The molecule has 1 saturated carbocycles. The lowest BCUT2D eigenvalue weighted by Crippen LogP contribution is -2.37. The minimum absolute atomic E-state index is 0.981. The zero-order valence-electron chi connectivity index (χ0n) is 9.40. The van der Waals surface area contributed by atoms with Crippen LogP contribution in [0.25, 0.3) is 0 Å². The van der Waals surface area contributed by atoms with Crippen LogP contribution >= 0.6 is 0 Å². The molecular weight excluding hydrogens is 168 g/mol. The van der Waals surface area contributed by atoms with Crippen molar-refractivity contribution in [1.82, 2.24) is 0 Å². The highest BCUT2D eigenvalue weighted by atomic mass is 14.5. The van der Waals surface area contributed by atoms with E-state index in [4.69, 9.17) is 0 Å². The molecule has 0 amide bonds. The molecule has 0 aromatic rings. The van der Waals surface area contributed by atoms with Crippen molar-refractivity contribution in [2.75, 3.05) is 0 Å². The van der Waals surface area contributed by atoms with Crippen molar-refractivity contribution in [2.24, 2.45) is 11.8 Å². The van der Waals surface area contributed by atoms with Gasteiger partial charge in [-0.15, -0.1) is 0 Å². The molecule has 0 aromatic carbocycles. The zero-order chi connectivity index (χ0) is 9.71. The van der Waals surface area contributed by atoms with Gasteiger partial charge in [-0.3, -0.25) is 0 Å². The minimum atomic E-state index is 0.981. The lowest BCUT2D eigenvalue weighted by atomic mass is 9.55. The van der Waals surface area contributed by atoms with Crippen LogP contribution in [0, 0.1) is 11.8 Å². The Kier molecular flexibility index (Phi) is 1.87. The highest BCUT2D eigenvalue weighted by Crippen LogP contribution is 2.57. The van der Waals surface area contributed by atoms with Gasteiger partial charge in [0, 0.05) is 0 Å². The van der Waals surface area contributed by atoms with E-state index in [-0.39, 0.29) is 0 Å². The van der Waals surface area contributed by atoms with E-state index in [1.165, 1.54) is 38.5 Å². The minimum Gasteiger partial charge on any atom is -0.0695 e. The second-order valence-electron chi connectivity index (χ2n) is 5.39. The topological polar surface area (TPSA) is 0 Å². The largest absolute Gasteiger partial charge is 0.0695 e. The first-order chi connectivity index (χ1) is 6.79. The van der Waals surface area contributed by atoms with Gasteiger partial charge in [-0.25, -0.2) is 0 Å². The van der Waals surface area contributed by atoms with Crippen molar-refractivity contribution in [2.45, 2.75) is 52.4 Å². The predicted octanol–water partition coefficient (Wildman–Crippen LogP) is 4.23. The van der Waals surface area contributed by atoms with Crippen molar-refractivity contribution in [3.63, 3.8) is 0 Å². The van der Waals surface area contributed by atoms with Crippen molar-refractivity contribution in [3.8, 4) is 0 Å². The van der Waals surface area contributed by atoms with Gasteiger partial charge in [-0.05, 0) is 75.4 Å². The van der Waals surface area contributed by atoms with Gasteiger partial charge in [0.1, 0.15) is 0 Å². The summed E-state index contributed by atoms with van der Waals surface area (Å²) in [6.45, 7) is 4.74. The van der Waals surface area contributed by atoms with Gasteiger partial charge in [-0.1, -0.05) is 11.1 Å². The SMILES string of the molecule is CC1=C2C3=C(C)CCCC3C2CCC1. The van der Waals surface area contributed by atoms with Gasteiger partial charge in [0.2, 0.25) is 0 Å². The summed E-state index contributed by atoms with van der Waals surface area (Å²) < 4.78 is 0. The maximum absolute atomic E-state index is 2.37. The molecule has 0 heteroatoms. The third-order valence-corrected chi connectivity index (χ3v) is 4.57. The van der Waals surface area contributed by atoms with Crippen molar-refractivity contribution in [1.29, 1.82) is 0 Å². The number of fused-ring (bicyclic) bond motifs is 4. The molecule has 2 unspecified atom stereocenters. The van der Waals surface area contributed by atoms with Gasteiger partial charge in [0.05, 0.1) is 0 Å². The lowest BCUT2D eigenvalue weighted by Gasteiger charge is -2.50. The van der Waals surface area contributed by atoms with Gasteiger partial charge < -0.3 is 0 Å². The summed E-state index contributed by atoms with van der Waals surface area (Å²) in [4.78, 5) is 0. The summed E-state index contributed by atoms with van der Waals surface area (Å²) >= 11 is 0. The fraction of sp³-hybridized carbons (Fsp3) is 0.714. The highest BCUT2D eigenvalue weighted by Gasteiger charge is 2.44. The average Bonchev–Trinajstić information content (AvgIpc) is 2.14. The van der Waals surface area contributed by atoms with Crippen LogP contribution in [-0.4, -0.2) is 0 Å². The van der Waals surface area contributed by atoms with E-state index < -0.39 is 0 Å². The van der Waals surface area contributed by atoms with Crippen LogP contribution in [0.5, 0.6) is 0 Å². The molecule has 0 nitrogen and oxygen atoms in total. The second-order valence-corrected chi connectivity index (χ2v) is 5.39. The van der Waals surface area contributed by atoms with E-state index in [2.05, 4.69) is 13.8 Å². The van der Waals surface area contributed by atoms with E-state index in [0.717, 1.165) is 11.8 Å². The van der Waals surface area contributed by atoms with Crippen LogP contribution < -0.4 is 0 Å². The maximum atomic E-state index is 2.37. The average molecular weight is 188 g/mol. The van der Waals surface area contributed by atoms with Crippen LogP contribution in [0.1, 0.15) is 52.4 Å². The van der Waals surface area contributed by atoms with Crippen LogP contribution in [-0.2, 0) is 0 Å². The maximum Gasteiger partial charge on any atom is -0.00906 e. The van der Waals surface area contributed by atoms with Crippen LogP contribution in [0.2, 0.25) is 0 Å². The van der Waals surface area contributed by atoms with Crippen LogP contribution in [0.4, 0.5) is 0 Å². The number of rotatable bonds is 0. The van der Waals surface area contributed by atoms with E-state index >= 15 is 0 Å². The lowest BCUT2D eigenvalue weighted by molar-refractivity contribution is 0.276. The second kappa shape index (κ2) is 2.98. The Morgan fingerprint density at radius 1 is 0.786 bits per heavy atom. The summed E-state index contributed by atoms with van der Waals surface area (Å²) in [6, 6.07) is 0. The normalized spacial score (nSPS) is 36.4. The van der Waals surface area contributed by atoms with Gasteiger partial charge in [-0.2, -0.15) is 0 Å². The summed E-state index contributed by atoms with van der Waals surface area (Å²) in [5.74, 6) is 1.96. The molecule has 76 valence electrons. The summed E-state index contributed by atoms with van der Waals surface area (Å²) in [7, 11) is 0. The smallest absolute Gasteiger partial charge is 0.00906 e. The fourth-order valence-corrected chi connectivity index (χ4v) is 3.93. The Morgan fingerprint density at radius 2 is 1.21 bits per heavy atom. The van der Waals surface area contributed by atoms with Crippen LogP contribution in [0.15, 0.2) is 22.3 Å². The van der Waals surface area contributed by atoms with Crippen molar-refractivity contribution >= 4 is 0 Å². The molecule has 0 aromatic heterocycles. The van der Waals surface area contributed by atoms with Crippen molar-refractivity contribution in [3.05, 3.63) is 22.3 Å². The zero-order valence-corrected chi connectivity index (χ0v) is 9.40. The molecule has 3 aliphatic carbocycles. The Bertz CT molecular complexity index is 296. The standard InChI is InChI=1S/C14H20/c1-9-5-3-7-11-12-8-4-6-10(2)14(12)13(9)11/h11-12H,3-8H2,1-2H3. The molecule has 0 spiro atoms. The number of hydrogen-bond donors (Lipinski definition) is 0. The molecule has 14 heavy (non-hydrogen) atoms.